The van der Waals surface area contributed by atoms with Crippen LogP contribution in [-0.2, 0) is 0 Å². The van der Waals surface area contributed by atoms with Crippen LogP contribution in [-0.4, -0.2) is 23.1 Å². The number of pyridine rings is 1. The second-order valence-corrected chi connectivity index (χ2v) is 5.41. The predicted molar refractivity (Wildman–Crippen MR) is 82.0 cm³/mol. The van der Waals surface area contributed by atoms with E-state index in [4.69, 9.17) is 10.5 Å². The molecule has 0 atom stereocenters. The molecule has 2 heterocycles. The molecule has 0 unspecified atom stereocenters. The normalized spacial score (nSPS) is 10.8. The highest BCUT2D eigenvalue weighted by Gasteiger charge is 2.07. The lowest BCUT2D eigenvalue weighted by molar-refractivity contribution is 0.314. The number of aromatic nitrogens is 2. The third-order valence-electron chi connectivity index (χ3n) is 2.89. The van der Waals surface area contributed by atoms with Crippen molar-refractivity contribution in [3.05, 3.63) is 42.7 Å². The monoisotopic (exact) mass is 285 g/mol. The lowest BCUT2D eigenvalue weighted by Gasteiger charge is -2.04. The quantitative estimate of drug-likeness (QED) is 0.732. The molecular formula is C15H15N3OS. The van der Waals surface area contributed by atoms with Gasteiger partial charge < -0.3 is 10.5 Å². The maximum Gasteiger partial charge on any atom is 0.126 e. The summed E-state index contributed by atoms with van der Waals surface area (Å²) in [5.41, 5.74) is 7.48. The van der Waals surface area contributed by atoms with E-state index >= 15 is 0 Å². The zero-order valence-corrected chi connectivity index (χ0v) is 11.8. The minimum atomic E-state index is 0.647. The fourth-order valence-electron chi connectivity index (χ4n) is 1.88. The number of hydrogen-bond donors (Lipinski definition) is 1. The molecule has 5 heteroatoms. The van der Waals surface area contributed by atoms with Crippen LogP contribution in [0.25, 0.3) is 20.8 Å². The molecule has 2 aromatic heterocycles. The fourth-order valence-corrected chi connectivity index (χ4v) is 2.87. The van der Waals surface area contributed by atoms with E-state index in [1.165, 1.54) is 0 Å². The highest BCUT2D eigenvalue weighted by atomic mass is 32.1. The number of ether oxygens (including phenoxy) is 1. The first-order valence-electron chi connectivity index (χ1n) is 6.50. The first-order chi connectivity index (χ1) is 9.86. The van der Waals surface area contributed by atoms with Crippen molar-refractivity contribution < 1.29 is 4.74 Å². The largest absolute Gasteiger partial charge is 0.493 e. The Morgan fingerprint density at radius 2 is 2.20 bits per heavy atom. The number of thiazole rings is 1. The summed E-state index contributed by atoms with van der Waals surface area (Å²) >= 11 is 1.65. The van der Waals surface area contributed by atoms with Crippen LogP contribution in [0.4, 0.5) is 0 Å². The van der Waals surface area contributed by atoms with Crippen molar-refractivity contribution in [1.82, 2.24) is 9.97 Å². The van der Waals surface area contributed by atoms with E-state index in [0.29, 0.717) is 13.2 Å². The van der Waals surface area contributed by atoms with Crippen LogP contribution in [0.2, 0.25) is 0 Å². The average Bonchev–Trinajstić information content (AvgIpc) is 2.92. The lowest BCUT2D eigenvalue weighted by atomic mass is 10.3. The van der Waals surface area contributed by atoms with Crippen LogP contribution in [0.1, 0.15) is 6.42 Å². The topological polar surface area (TPSA) is 61.0 Å². The summed E-state index contributed by atoms with van der Waals surface area (Å²) in [5.74, 6) is 0.868. The van der Waals surface area contributed by atoms with Gasteiger partial charge in [-0.05, 0) is 43.3 Å². The van der Waals surface area contributed by atoms with E-state index in [9.17, 15) is 0 Å². The standard InChI is InChI=1S/C15H15N3OS/c16-6-2-8-19-12-4-5-13-14(9-12)20-15(18-13)11-3-1-7-17-10-11/h1,3-5,7,9-10H,2,6,8,16H2. The molecule has 0 aliphatic carbocycles. The summed E-state index contributed by atoms with van der Waals surface area (Å²) in [6.45, 7) is 1.30. The Labute approximate surface area is 121 Å². The van der Waals surface area contributed by atoms with E-state index in [1.54, 1.807) is 17.5 Å². The molecule has 0 saturated heterocycles. The minimum Gasteiger partial charge on any atom is -0.493 e. The van der Waals surface area contributed by atoms with Crippen LogP contribution in [0.5, 0.6) is 5.75 Å². The minimum absolute atomic E-state index is 0.647. The molecular weight excluding hydrogens is 270 g/mol. The summed E-state index contributed by atoms with van der Waals surface area (Å²) in [6, 6.07) is 9.91. The van der Waals surface area contributed by atoms with Crippen LogP contribution in [0.15, 0.2) is 42.7 Å². The fraction of sp³-hybridized carbons (Fsp3) is 0.200. The van der Waals surface area contributed by atoms with E-state index in [0.717, 1.165) is 33.0 Å². The predicted octanol–water partition coefficient (Wildman–Crippen LogP) is 3.09. The molecule has 0 saturated carbocycles. The molecule has 4 nitrogen and oxygen atoms in total. The van der Waals surface area contributed by atoms with E-state index in [1.807, 2.05) is 36.5 Å². The summed E-state index contributed by atoms with van der Waals surface area (Å²) in [4.78, 5) is 8.75. The van der Waals surface area contributed by atoms with Gasteiger partial charge in [0.15, 0.2) is 0 Å². The summed E-state index contributed by atoms with van der Waals surface area (Å²) in [6.07, 6.45) is 4.46. The third kappa shape index (κ3) is 2.79. The van der Waals surface area contributed by atoms with Crippen molar-refractivity contribution in [2.24, 2.45) is 5.73 Å². The van der Waals surface area contributed by atoms with Gasteiger partial charge in [-0.15, -0.1) is 11.3 Å². The molecule has 0 fully saturated rings. The Morgan fingerprint density at radius 3 is 3.00 bits per heavy atom. The van der Waals surface area contributed by atoms with Crippen molar-refractivity contribution in [3.8, 4) is 16.3 Å². The second kappa shape index (κ2) is 5.98. The van der Waals surface area contributed by atoms with Crippen LogP contribution in [0, 0.1) is 0 Å². The Kier molecular flexibility index (Phi) is 3.90. The van der Waals surface area contributed by atoms with Gasteiger partial charge >= 0.3 is 0 Å². The number of benzene rings is 1. The molecule has 0 amide bonds. The molecule has 0 spiro atoms. The summed E-state index contributed by atoms with van der Waals surface area (Å²) in [5, 5.41) is 0.979. The van der Waals surface area contributed by atoms with E-state index < -0.39 is 0 Å². The maximum absolute atomic E-state index is 5.66. The van der Waals surface area contributed by atoms with Crippen LogP contribution < -0.4 is 10.5 Å². The highest BCUT2D eigenvalue weighted by molar-refractivity contribution is 7.21. The SMILES string of the molecule is NCCCOc1ccc2nc(-c3cccnc3)sc2c1. The van der Waals surface area contributed by atoms with Gasteiger partial charge in [0, 0.05) is 18.0 Å². The van der Waals surface area contributed by atoms with Crippen molar-refractivity contribution in [2.45, 2.75) is 6.42 Å². The van der Waals surface area contributed by atoms with Gasteiger partial charge in [-0.1, -0.05) is 0 Å². The molecule has 20 heavy (non-hydrogen) atoms. The molecule has 3 aromatic rings. The second-order valence-electron chi connectivity index (χ2n) is 4.38. The maximum atomic E-state index is 5.66. The molecule has 0 radical (unpaired) electrons. The smallest absolute Gasteiger partial charge is 0.126 e. The molecule has 0 aliphatic rings. The van der Waals surface area contributed by atoms with Gasteiger partial charge in [0.05, 0.1) is 16.8 Å². The molecule has 0 bridgehead atoms. The third-order valence-corrected chi connectivity index (χ3v) is 3.95. The van der Waals surface area contributed by atoms with Gasteiger partial charge in [-0.3, -0.25) is 4.98 Å². The van der Waals surface area contributed by atoms with Gasteiger partial charge in [0.25, 0.3) is 0 Å². The zero-order valence-electron chi connectivity index (χ0n) is 11.0. The van der Waals surface area contributed by atoms with Crippen LogP contribution in [0.3, 0.4) is 0 Å². The van der Waals surface area contributed by atoms with Crippen molar-refractivity contribution in [1.29, 1.82) is 0 Å². The lowest BCUT2D eigenvalue weighted by Crippen LogP contribution is -2.05. The Balaban J connectivity index is 1.88. The summed E-state index contributed by atoms with van der Waals surface area (Å²) < 4.78 is 6.78. The Morgan fingerprint density at radius 1 is 1.25 bits per heavy atom. The molecule has 3 rings (SSSR count). The van der Waals surface area contributed by atoms with Gasteiger partial charge in [-0.2, -0.15) is 0 Å². The molecule has 2 N–H and O–H groups in total. The number of hydrogen-bond acceptors (Lipinski definition) is 5. The number of fused-ring (bicyclic) bond motifs is 1. The van der Waals surface area contributed by atoms with Crippen molar-refractivity contribution in [2.75, 3.05) is 13.2 Å². The number of nitrogens with zero attached hydrogens (tertiary/aromatic N) is 2. The van der Waals surface area contributed by atoms with Crippen molar-refractivity contribution >= 4 is 21.6 Å². The number of nitrogens with two attached hydrogens (primary N) is 1. The Bertz CT molecular complexity index is 697. The first kappa shape index (κ1) is 13.0. The Hall–Kier alpha value is -1.98. The van der Waals surface area contributed by atoms with Gasteiger partial charge in [-0.25, -0.2) is 4.98 Å². The summed E-state index contributed by atoms with van der Waals surface area (Å²) in [7, 11) is 0. The van der Waals surface area contributed by atoms with Crippen LogP contribution >= 0.6 is 11.3 Å². The van der Waals surface area contributed by atoms with Crippen molar-refractivity contribution in [3.63, 3.8) is 0 Å². The first-order valence-corrected chi connectivity index (χ1v) is 7.32. The number of rotatable bonds is 5. The average molecular weight is 285 g/mol. The highest BCUT2D eigenvalue weighted by Crippen LogP contribution is 2.31. The van der Waals surface area contributed by atoms with Gasteiger partial charge in [0.1, 0.15) is 10.8 Å². The molecule has 1 aromatic carbocycles. The zero-order chi connectivity index (χ0) is 13.8. The van der Waals surface area contributed by atoms with E-state index in [2.05, 4.69) is 9.97 Å². The molecule has 0 aliphatic heterocycles. The molecule has 102 valence electrons. The van der Waals surface area contributed by atoms with Gasteiger partial charge in [0.2, 0.25) is 0 Å². The van der Waals surface area contributed by atoms with E-state index in [-0.39, 0.29) is 0 Å².